The van der Waals surface area contributed by atoms with E-state index in [1.54, 1.807) is 0 Å². The Kier molecular flexibility index (Phi) is 8.88. The van der Waals surface area contributed by atoms with Crippen LogP contribution in [-0.2, 0) is 23.1 Å². The molecule has 5 N–H and O–H groups in total. The van der Waals surface area contributed by atoms with Gasteiger partial charge in [-0.1, -0.05) is 18.2 Å². The molecule has 4 aromatic rings. The van der Waals surface area contributed by atoms with Crippen molar-refractivity contribution in [3.63, 3.8) is 0 Å². The second kappa shape index (κ2) is 12.3. The zero-order chi connectivity index (χ0) is 26.3. The standard InChI is InChI=1S/C21H27N5.C6H6O4S/c22-12-3-4-14-26(15-20-24-17-9-1-2-10-18(17)25-20)19-11-5-7-16-8-6-13-23-21(16)19;7-5-1-3-6(4-2-5)11(8,9)10/h1-2,6,8-10,13,19H,3-5,7,11-12,14-15,22H2,(H,24,25);1-4,7H,(H,8,9,10). The van der Waals surface area contributed by atoms with E-state index in [4.69, 9.17) is 25.4 Å². The Morgan fingerprint density at radius 1 is 1.05 bits per heavy atom. The number of imidazole rings is 1. The van der Waals surface area contributed by atoms with Gasteiger partial charge >= 0.3 is 0 Å². The van der Waals surface area contributed by atoms with Crippen LogP contribution in [0, 0.1) is 0 Å². The number of rotatable bonds is 8. The van der Waals surface area contributed by atoms with Crippen LogP contribution < -0.4 is 5.73 Å². The van der Waals surface area contributed by atoms with Crippen LogP contribution in [0.4, 0.5) is 0 Å². The smallest absolute Gasteiger partial charge is 0.294 e. The van der Waals surface area contributed by atoms with E-state index in [0.29, 0.717) is 6.04 Å². The van der Waals surface area contributed by atoms with Crippen molar-refractivity contribution in [1.82, 2.24) is 19.9 Å². The third-order valence-corrected chi connectivity index (χ3v) is 7.30. The highest BCUT2D eigenvalue weighted by molar-refractivity contribution is 7.85. The number of hydrogen-bond donors (Lipinski definition) is 4. The first-order valence-electron chi connectivity index (χ1n) is 12.4. The first kappa shape index (κ1) is 26.7. The normalized spacial score (nSPS) is 15.3. The number of pyridine rings is 1. The number of aryl methyl sites for hydroxylation is 1. The van der Waals surface area contributed by atoms with Crippen molar-refractivity contribution in [2.45, 2.75) is 49.6 Å². The third-order valence-electron chi connectivity index (χ3n) is 6.43. The van der Waals surface area contributed by atoms with Crippen LogP contribution in [0.2, 0.25) is 0 Å². The van der Waals surface area contributed by atoms with Crippen LogP contribution in [0.1, 0.15) is 48.8 Å². The Morgan fingerprint density at radius 2 is 1.84 bits per heavy atom. The quantitative estimate of drug-likeness (QED) is 0.198. The molecule has 10 heteroatoms. The van der Waals surface area contributed by atoms with Crippen molar-refractivity contribution >= 4 is 21.2 Å². The highest BCUT2D eigenvalue weighted by atomic mass is 32.2. The molecule has 9 nitrogen and oxygen atoms in total. The van der Waals surface area contributed by atoms with Gasteiger partial charge in [0.25, 0.3) is 10.1 Å². The van der Waals surface area contributed by atoms with E-state index in [2.05, 4.69) is 34.1 Å². The topological polar surface area (TPSA) is 145 Å². The summed E-state index contributed by atoms with van der Waals surface area (Å²) >= 11 is 0. The molecule has 0 saturated carbocycles. The minimum absolute atomic E-state index is 0.0441. The van der Waals surface area contributed by atoms with Crippen molar-refractivity contribution in [3.05, 3.63) is 83.9 Å². The number of hydrogen-bond acceptors (Lipinski definition) is 7. The molecule has 0 saturated heterocycles. The van der Waals surface area contributed by atoms with Gasteiger partial charge in [0, 0.05) is 6.20 Å². The number of H-pyrrole nitrogens is 1. The fourth-order valence-corrected chi connectivity index (χ4v) is 5.12. The maximum atomic E-state index is 10.4. The van der Waals surface area contributed by atoms with Gasteiger partial charge in [-0.3, -0.25) is 14.4 Å². The van der Waals surface area contributed by atoms with Gasteiger partial charge in [-0.15, -0.1) is 0 Å². The average Bonchev–Trinajstić information content (AvgIpc) is 3.30. The average molecular weight is 524 g/mol. The number of nitrogens with two attached hydrogens (primary N) is 1. The predicted molar refractivity (Wildman–Crippen MR) is 143 cm³/mol. The Morgan fingerprint density at radius 3 is 2.57 bits per heavy atom. The van der Waals surface area contributed by atoms with E-state index in [1.165, 1.54) is 29.8 Å². The first-order valence-corrected chi connectivity index (χ1v) is 13.9. The molecule has 2 aromatic heterocycles. The molecule has 1 atom stereocenters. The monoisotopic (exact) mass is 523 g/mol. The Labute approximate surface area is 217 Å². The number of fused-ring (bicyclic) bond motifs is 2. The molecule has 0 bridgehead atoms. The summed E-state index contributed by atoms with van der Waals surface area (Å²) in [6, 6.07) is 17.5. The molecule has 5 rings (SSSR count). The third kappa shape index (κ3) is 7.14. The summed E-state index contributed by atoms with van der Waals surface area (Å²) in [7, 11) is -4.13. The number of nitrogens with one attached hydrogen (secondary N) is 1. The molecule has 0 fully saturated rings. The molecule has 2 aromatic carbocycles. The molecule has 1 aliphatic rings. The van der Waals surface area contributed by atoms with Gasteiger partial charge in [0.15, 0.2) is 0 Å². The summed E-state index contributed by atoms with van der Waals surface area (Å²) in [6.45, 7) is 2.59. The van der Waals surface area contributed by atoms with Crippen molar-refractivity contribution in [3.8, 4) is 5.75 Å². The van der Waals surface area contributed by atoms with E-state index >= 15 is 0 Å². The lowest BCUT2D eigenvalue weighted by molar-refractivity contribution is 0.159. The minimum atomic E-state index is -4.13. The Balaban J connectivity index is 0.000000245. The zero-order valence-corrected chi connectivity index (χ0v) is 21.4. The van der Waals surface area contributed by atoms with Crippen LogP contribution in [-0.4, -0.2) is 51.0 Å². The van der Waals surface area contributed by atoms with E-state index in [-0.39, 0.29) is 10.6 Å². The van der Waals surface area contributed by atoms with Gasteiger partial charge in [0.05, 0.1) is 34.2 Å². The van der Waals surface area contributed by atoms with Crippen molar-refractivity contribution in [1.29, 1.82) is 0 Å². The molecule has 37 heavy (non-hydrogen) atoms. The molecule has 0 aliphatic heterocycles. The molecule has 196 valence electrons. The first-order chi connectivity index (χ1) is 17.8. The number of para-hydroxylation sites is 2. The zero-order valence-electron chi connectivity index (χ0n) is 20.6. The highest BCUT2D eigenvalue weighted by Gasteiger charge is 2.27. The van der Waals surface area contributed by atoms with Gasteiger partial charge in [0.1, 0.15) is 11.6 Å². The summed E-state index contributed by atoms with van der Waals surface area (Å²) in [6.07, 6.45) is 7.61. The number of aromatic hydroxyl groups is 1. The van der Waals surface area contributed by atoms with Crippen molar-refractivity contribution < 1.29 is 18.1 Å². The fraction of sp³-hybridized carbons (Fsp3) is 0.333. The number of aromatic amines is 1. The van der Waals surface area contributed by atoms with Crippen molar-refractivity contribution in [2.75, 3.05) is 13.1 Å². The van der Waals surface area contributed by atoms with Crippen molar-refractivity contribution in [2.24, 2.45) is 5.73 Å². The van der Waals surface area contributed by atoms with Gasteiger partial charge in [-0.2, -0.15) is 8.42 Å². The summed E-state index contributed by atoms with van der Waals surface area (Å²) in [5.74, 6) is 0.986. The predicted octanol–water partition coefficient (Wildman–Crippen LogP) is 4.22. The summed E-state index contributed by atoms with van der Waals surface area (Å²) in [5.41, 5.74) is 10.5. The minimum Gasteiger partial charge on any atom is -0.508 e. The molecule has 0 spiro atoms. The molecule has 1 unspecified atom stereocenters. The molecular formula is C27H33N5O4S. The number of nitrogens with zero attached hydrogens (tertiary/aromatic N) is 3. The largest absolute Gasteiger partial charge is 0.508 e. The molecular weight excluding hydrogens is 490 g/mol. The Bertz CT molecular complexity index is 1370. The summed E-state index contributed by atoms with van der Waals surface area (Å²) < 4.78 is 29.3. The van der Waals surface area contributed by atoms with E-state index < -0.39 is 10.1 Å². The van der Waals surface area contributed by atoms with Crippen LogP contribution in [0.3, 0.4) is 0 Å². The second-order valence-electron chi connectivity index (χ2n) is 9.09. The molecule has 0 radical (unpaired) electrons. The summed E-state index contributed by atoms with van der Waals surface area (Å²) in [4.78, 5) is 15.3. The number of benzene rings is 2. The number of phenolic OH excluding ortho intramolecular Hbond substituents is 1. The number of unbranched alkanes of at least 4 members (excludes halogenated alkanes) is 1. The van der Waals surface area contributed by atoms with Crippen LogP contribution in [0.25, 0.3) is 11.0 Å². The summed E-state index contributed by atoms with van der Waals surface area (Å²) in [5, 5.41) is 8.75. The van der Waals surface area contributed by atoms with Gasteiger partial charge in [0.2, 0.25) is 0 Å². The van der Waals surface area contributed by atoms with Crippen LogP contribution in [0.5, 0.6) is 5.75 Å². The lowest BCUT2D eigenvalue weighted by atomic mass is 9.90. The van der Waals surface area contributed by atoms with Crippen LogP contribution >= 0.6 is 0 Å². The lowest BCUT2D eigenvalue weighted by Crippen LogP contribution is -2.33. The lowest BCUT2D eigenvalue weighted by Gasteiger charge is -2.34. The molecule has 0 amide bonds. The molecule has 1 aliphatic carbocycles. The van der Waals surface area contributed by atoms with Gasteiger partial charge < -0.3 is 15.8 Å². The SMILES string of the molecule is NCCCCN(Cc1nc2ccccc2[nH]1)C1CCCc2cccnc21.O=S(=O)(O)c1ccc(O)cc1. The fourth-order valence-electron chi connectivity index (χ4n) is 4.64. The van der Waals surface area contributed by atoms with E-state index in [1.807, 2.05) is 18.3 Å². The molecule has 2 heterocycles. The Hall–Kier alpha value is -3.31. The second-order valence-corrected chi connectivity index (χ2v) is 10.5. The van der Waals surface area contributed by atoms with Crippen LogP contribution in [0.15, 0.2) is 71.8 Å². The maximum absolute atomic E-state index is 10.4. The van der Waals surface area contributed by atoms with E-state index in [9.17, 15) is 8.42 Å². The van der Waals surface area contributed by atoms with Gasteiger partial charge in [-0.05, 0) is 93.2 Å². The maximum Gasteiger partial charge on any atom is 0.294 e. The van der Waals surface area contributed by atoms with E-state index in [0.717, 1.165) is 74.3 Å². The highest BCUT2D eigenvalue weighted by Crippen LogP contribution is 2.33. The van der Waals surface area contributed by atoms with Gasteiger partial charge in [-0.25, -0.2) is 4.98 Å². The number of aromatic nitrogens is 3. The number of phenols is 1.